The Morgan fingerprint density at radius 3 is 1.86 bits per heavy atom. The Morgan fingerprint density at radius 1 is 0.667 bits per heavy atom. The molecule has 1 saturated carbocycles. The Morgan fingerprint density at radius 2 is 1.23 bits per heavy atom. The molecule has 3 fully saturated rings. The molecule has 0 bridgehead atoms. The molecule has 9 rings (SSSR count). The fourth-order valence-electron chi connectivity index (χ4n) is 8.22. The van der Waals surface area contributed by atoms with Crippen LogP contribution >= 0.6 is 22.7 Å². The molecule has 10 heteroatoms. The molecular weight excluding hydrogens is 747 g/mol. The Labute approximate surface area is 341 Å². The molecule has 0 radical (unpaired) electrons. The molecule has 4 heterocycles. The summed E-state index contributed by atoms with van der Waals surface area (Å²) in [5.41, 5.74) is 7.18. The van der Waals surface area contributed by atoms with Gasteiger partial charge in [-0.25, -0.2) is 9.97 Å². The molecule has 6 aromatic rings. The molecule has 0 spiro atoms. The van der Waals surface area contributed by atoms with Crippen molar-refractivity contribution in [3.05, 3.63) is 142 Å². The summed E-state index contributed by atoms with van der Waals surface area (Å²) in [6.07, 6.45) is 7.36. The Balaban J connectivity index is 0.855. The number of rotatable bonds is 11. The van der Waals surface area contributed by atoms with Crippen LogP contribution in [0.1, 0.15) is 90.6 Å². The van der Waals surface area contributed by atoms with Gasteiger partial charge in [0.25, 0.3) is 0 Å². The van der Waals surface area contributed by atoms with Crippen molar-refractivity contribution < 1.29 is 14.4 Å². The van der Waals surface area contributed by atoms with Crippen molar-refractivity contribution in [1.29, 1.82) is 0 Å². The van der Waals surface area contributed by atoms with Crippen molar-refractivity contribution in [2.75, 3.05) is 13.1 Å². The highest BCUT2D eigenvalue weighted by molar-refractivity contribution is 7.15. The van der Waals surface area contributed by atoms with Gasteiger partial charge < -0.3 is 15.1 Å². The molecule has 57 heavy (non-hydrogen) atoms. The monoisotopic (exact) mass is 791 g/mol. The van der Waals surface area contributed by atoms with E-state index in [0.29, 0.717) is 6.54 Å². The van der Waals surface area contributed by atoms with Crippen LogP contribution in [0.25, 0.3) is 32.8 Å². The maximum Gasteiger partial charge on any atom is 0.250 e. The summed E-state index contributed by atoms with van der Waals surface area (Å²) in [7, 11) is 0. The smallest absolute Gasteiger partial charge is 0.250 e. The summed E-state index contributed by atoms with van der Waals surface area (Å²) in [6.45, 7) is 3.42. The zero-order valence-electron chi connectivity index (χ0n) is 31.9. The zero-order valence-corrected chi connectivity index (χ0v) is 33.6. The number of nitrogens with zero attached hydrogens (tertiary/aromatic N) is 4. The number of hydrogen-bond donors (Lipinski definition) is 1. The second kappa shape index (κ2) is 16.2. The van der Waals surface area contributed by atoms with E-state index in [1.807, 2.05) is 83.6 Å². The van der Waals surface area contributed by atoms with Crippen molar-refractivity contribution in [3.8, 4) is 32.8 Å². The van der Waals surface area contributed by atoms with E-state index in [9.17, 15) is 14.4 Å². The van der Waals surface area contributed by atoms with Crippen LogP contribution in [0.15, 0.2) is 121 Å². The van der Waals surface area contributed by atoms with Gasteiger partial charge in [0, 0.05) is 36.1 Å². The SMILES string of the molecule is C[C@@H](C(=O)N1CCC[C@H]1c1nc(-c2ccc(-c3ccc(-c4cnc([C@@H]5CCCN5C(=O)[C@H](NC(=O)C5CC5)c5ccccc5)s4)cc3)cc2)cs1)c1ccccc1. The number of carbonyl (C=O) groups excluding carboxylic acids is 3. The van der Waals surface area contributed by atoms with E-state index >= 15 is 0 Å². The Kier molecular flexibility index (Phi) is 10.6. The number of nitrogens with one attached hydrogen (secondary N) is 1. The van der Waals surface area contributed by atoms with Crippen LogP contribution in [-0.2, 0) is 14.4 Å². The van der Waals surface area contributed by atoms with Gasteiger partial charge in [-0.3, -0.25) is 14.4 Å². The van der Waals surface area contributed by atoms with Gasteiger partial charge in [-0.05, 0) is 73.3 Å². The second-order valence-corrected chi connectivity index (χ2v) is 17.4. The third-order valence-electron chi connectivity index (χ3n) is 11.7. The first kappa shape index (κ1) is 37.1. The second-order valence-electron chi connectivity index (χ2n) is 15.4. The normalized spacial score (nSPS) is 19.0. The highest BCUT2D eigenvalue weighted by Crippen LogP contribution is 2.41. The van der Waals surface area contributed by atoms with Gasteiger partial charge in [0.05, 0.1) is 28.6 Å². The van der Waals surface area contributed by atoms with Crippen molar-refractivity contribution in [3.63, 3.8) is 0 Å². The molecule has 4 atom stereocenters. The molecule has 3 amide bonds. The number of amides is 3. The Hall–Kier alpha value is -5.45. The summed E-state index contributed by atoms with van der Waals surface area (Å²) in [6, 6.07) is 35.9. The molecule has 2 saturated heterocycles. The maximum atomic E-state index is 14.1. The van der Waals surface area contributed by atoms with Gasteiger partial charge in [-0.2, -0.15) is 0 Å². The zero-order chi connectivity index (χ0) is 38.9. The topological polar surface area (TPSA) is 95.5 Å². The first-order valence-electron chi connectivity index (χ1n) is 20.0. The van der Waals surface area contributed by atoms with Crippen LogP contribution in [-0.4, -0.2) is 50.6 Å². The lowest BCUT2D eigenvalue weighted by Crippen LogP contribution is -2.43. The quantitative estimate of drug-likeness (QED) is 0.141. The van der Waals surface area contributed by atoms with Crippen molar-refractivity contribution in [2.24, 2.45) is 5.92 Å². The third-order valence-corrected chi connectivity index (χ3v) is 13.7. The number of likely N-dealkylation sites (tertiary alicyclic amines) is 2. The van der Waals surface area contributed by atoms with Gasteiger partial charge in [0.1, 0.15) is 16.1 Å². The largest absolute Gasteiger partial charge is 0.340 e. The molecule has 2 aliphatic heterocycles. The average molecular weight is 792 g/mol. The first-order chi connectivity index (χ1) is 27.9. The van der Waals surface area contributed by atoms with E-state index < -0.39 is 6.04 Å². The van der Waals surface area contributed by atoms with Crippen LogP contribution in [0.2, 0.25) is 0 Å². The van der Waals surface area contributed by atoms with E-state index in [4.69, 9.17) is 9.97 Å². The lowest BCUT2D eigenvalue weighted by atomic mass is 9.99. The van der Waals surface area contributed by atoms with Crippen LogP contribution < -0.4 is 5.32 Å². The van der Waals surface area contributed by atoms with E-state index in [2.05, 4.69) is 59.2 Å². The van der Waals surface area contributed by atoms with Gasteiger partial charge >= 0.3 is 0 Å². The molecule has 1 N–H and O–H groups in total. The Bertz CT molecular complexity index is 2360. The molecule has 8 nitrogen and oxygen atoms in total. The predicted molar refractivity (Wildman–Crippen MR) is 226 cm³/mol. The van der Waals surface area contributed by atoms with Gasteiger partial charge in [-0.1, -0.05) is 109 Å². The third kappa shape index (κ3) is 7.81. The fraction of sp³-hybridized carbons (Fsp3) is 0.298. The summed E-state index contributed by atoms with van der Waals surface area (Å²) >= 11 is 3.28. The van der Waals surface area contributed by atoms with Gasteiger partial charge in [0.2, 0.25) is 17.7 Å². The molecule has 288 valence electrons. The summed E-state index contributed by atoms with van der Waals surface area (Å²) in [4.78, 5) is 55.3. The predicted octanol–water partition coefficient (Wildman–Crippen LogP) is 10.00. The molecule has 2 aromatic heterocycles. The van der Waals surface area contributed by atoms with E-state index in [0.717, 1.165) is 99.0 Å². The molecule has 3 aliphatic rings. The van der Waals surface area contributed by atoms with Crippen LogP contribution in [0, 0.1) is 5.92 Å². The maximum absolute atomic E-state index is 14.1. The minimum absolute atomic E-state index is 0.0194. The summed E-state index contributed by atoms with van der Waals surface area (Å²) in [5.74, 6) is -0.0950. The van der Waals surface area contributed by atoms with Crippen LogP contribution in [0.5, 0.6) is 0 Å². The molecule has 1 aliphatic carbocycles. The van der Waals surface area contributed by atoms with Crippen LogP contribution in [0.3, 0.4) is 0 Å². The number of hydrogen-bond acceptors (Lipinski definition) is 7. The van der Waals surface area contributed by atoms with Crippen molar-refractivity contribution in [1.82, 2.24) is 25.1 Å². The first-order valence-corrected chi connectivity index (χ1v) is 21.7. The average Bonchev–Trinajstić information content (AvgIpc) is 3.71. The lowest BCUT2D eigenvalue weighted by Gasteiger charge is -2.28. The summed E-state index contributed by atoms with van der Waals surface area (Å²) in [5, 5.41) is 7.11. The number of thiazole rings is 2. The summed E-state index contributed by atoms with van der Waals surface area (Å²) < 4.78 is 0. The van der Waals surface area contributed by atoms with E-state index in [1.165, 1.54) is 0 Å². The lowest BCUT2D eigenvalue weighted by molar-refractivity contribution is -0.137. The van der Waals surface area contributed by atoms with Crippen molar-refractivity contribution >= 4 is 40.4 Å². The van der Waals surface area contributed by atoms with E-state index in [-0.39, 0.29) is 41.6 Å². The minimum Gasteiger partial charge on any atom is -0.340 e. The molecule has 4 aromatic carbocycles. The van der Waals surface area contributed by atoms with Gasteiger partial charge in [-0.15, -0.1) is 22.7 Å². The highest BCUT2D eigenvalue weighted by Gasteiger charge is 2.39. The fourth-order valence-corrected chi connectivity index (χ4v) is 10.3. The molecule has 0 unspecified atom stereocenters. The number of carbonyl (C=O) groups is 3. The standard InChI is InChI=1S/C47H45N5O3S2/c1-30(31-10-4-2-5-11-31)46(54)51-26-9-15-40(51)45-49-38(29-56-45)34-20-16-32(17-21-34)33-18-22-35(23-19-33)41-28-48-44(57-41)39-14-8-27-52(39)47(55)42(36-12-6-3-7-13-36)50-43(53)37-24-25-37/h2-7,10-13,16-23,28-30,37,39-40,42H,8-9,14-15,24-27H2,1H3,(H,50,53)/t30-,39+,40+,42-/m1/s1. The van der Waals surface area contributed by atoms with Gasteiger partial charge in [0.15, 0.2) is 0 Å². The highest BCUT2D eigenvalue weighted by atomic mass is 32.1. The number of aromatic nitrogens is 2. The van der Waals surface area contributed by atoms with Crippen molar-refractivity contribution in [2.45, 2.75) is 69.5 Å². The minimum atomic E-state index is -0.700. The van der Waals surface area contributed by atoms with E-state index in [1.54, 1.807) is 22.7 Å². The van der Waals surface area contributed by atoms with Crippen LogP contribution in [0.4, 0.5) is 0 Å². The number of benzene rings is 4. The molecular formula is C47H45N5O3S2.